The van der Waals surface area contributed by atoms with Gasteiger partial charge in [0.1, 0.15) is 5.75 Å². The lowest BCUT2D eigenvalue weighted by molar-refractivity contribution is -0.119. The Balaban J connectivity index is 1.56. The van der Waals surface area contributed by atoms with E-state index in [1.165, 1.54) is 22.5 Å². The molecule has 4 rings (SSSR count). The van der Waals surface area contributed by atoms with Crippen LogP contribution in [0.5, 0.6) is 5.75 Å². The third kappa shape index (κ3) is 4.66. The predicted molar refractivity (Wildman–Crippen MR) is 121 cm³/mol. The molecule has 0 saturated heterocycles. The van der Waals surface area contributed by atoms with Crippen LogP contribution in [0.25, 0.3) is 10.2 Å². The van der Waals surface area contributed by atoms with E-state index in [-0.39, 0.29) is 12.3 Å². The lowest BCUT2D eigenvalue weighted by Gasteiger charge is -2.19. The lowest BCUT2D eigenvalue weighted by atomic mass is 10.1. The van der Waals surface area contributed by atoms with Gasteiger partial charge < -0.3 is 4.74 Å². The Labute approximate surface area is 180 Å². The topological polar surface area (TPSA) is 55.3 Å². The van der Waals surface area contributed by atoms with Crippen molar-refractivity contribution in [3.8, 4) is 5.75 Å². The molecule has 0 atom stereocenters. The Bertz CT molecular complexity index is 1100. The van der Waals surface area contributed by atoms with Crippen LogP contribution in [0.15, 0.2) is 66.9 Å². The number of anilines is 1. The number of carbonyl (C=O) groups is 1. The summed E-state index contributed by atoms with van der Waals surface area (Å²) in [5.41, 5.74) is 4.15. The highest BCUT2D eigenvalue weighted by molar-refractivity contribution is 7.22. The van der Waals surface area contributed by atoms with Gasteiger partial charge in [-0.2, -0.15) is 0 Å². The van der Waals surface area contributed by atoms with Crippen LogP contribution < -0.4 is 9.64 Å². The fraction of sp³-hybridized carbons (Fsp3) is 0.208. The van der Waals surface area contributed by atoms with Gasteiger partial charge in [-0.25, -0.2) is 4.98 Å². The molecule has 1 amide bonds. The number of rotatable bonds is 7. The van der Waals surface area contributed by atoms with Crippen LogP contribution in [0.4, 0.5) is 5.13 Å². The number of carbonyl (C=O) groups excluding carboxylic acids is 1. The molecule has 2 heterocycles. The fourth-order valence-electron chi connectivity index (χ4n) is 3.11. The molecule has 0 aliphatic carbocycles. The van der Waals surface area contributed by atoms with Crippen LogP contribution in [-0.4, -0.2) is 22.5 Å². The smallest absolute Gasteiger partial charge is 0.232 e. The third-order valence-corrected chi connectivity index (χ3v) is 5.94. The number of aryl methyl sites for hydroxylation is 2. The average Bonchev–Trinajstić information content (AvgIpc) is 3.16. The van der Waals surface area contributed by atoms with Gasteiger partial charge in [0.25, 0.3) is 0 Å². The van der Waals surface area contributed by atoms with Crippen LogP contribution in [0.1, 0.15) is 23.2 Å². The minimum Gasteiger partial charge on any atom is -0.493 e. The number of hydrogen-bond donors (Lipinski definition) is 0. The van der Waals surface area contributed by atoms with Crippen molar-refractivity contribution < 1.29 is 9.53 Å². The largest absolute Gasteiger partial charge is 0.493 e. The monoisotopic (exact) mass is 417 g/mol. The molecule has 2 aromatic carbocycles. The molecule has 0 unspecified atom stereocenters. The molecule has 0 bridgehead atoms. The summed E-state index contributed by atoms with van der Waals surface area (Å²) in [5, 5.41) is 0.686. The quantitative estimate of drug-likeness (QED) is 0.409. The second-order valence-corrected chi connectivity index (χ2v) is 8.12. The van der Waals surface area contributed by atoms with E-state index in [0.717, 1.165) is 21.7 Å². The normalized spacial score (nSPS) is 10.9. The first-order valence-corrected chi connectivity index (χ1v) is 10.7. The van der Waals surface area contributed by atoms with E-state index in [1.54, 1.807) is 11.1 Å². The maximum atomic E-state index is 13.1. The van der Waals surface area contributed by atoms with Crippen molar-refractivity contribution in [3.05, 3.63) is 83.7 Å². The second-order valence-electron chi connectivity index (χ2n) is 7.11. The molecule has 6 heteroatoms. The summed E-state index contributed by atoms with van der Waals surface area (Å²) in [6.07, 6.45) is 2.00. The Morgan fingerprint density at radius 3 is 2.57 bits per heavy atom. The Kier molecular flexibility index (Phi) is 6.05. The molecule has 0 aliphatic heterocycles. The van der Waals surface area contributed by atoms with Gasteiger partial charge >= 0.3 is 0 Å². The van der Waals surface area contributed by atoms with Gasteiger partial charge in [0, 0.05) is 6.20 Å². The van der Waals surface area contributed by atoms with Gasteiger partial charge in [-0.3, -0.25) is 14.7 Å². The molecular formula is C24H23N3O2S. The summed E-state index contributed by atoms with van der Waals surface area (Å²) in [7, 11) is 0. The first-order chi connectivity index (χ1) is 14.6. The molecule has 0 fully saturated rings. The van der Waals surface area contributed by atoms with Crippen molar-refractivity contribution >= 4 is 32.6 Å². The molecular weight excluding hydrogens is 394 g/mol. The van der Waals surface area contributed by atoms with E-state index in [4.69, 9.17) is 9.72 Å². The fourth-order valence-corrected chi connectivity index (χ4v) is 4.17. The van der Waals surface area contributed by atoms with E-state index in [2.05, 4.69) is 31.0 Å². The summed E-state index contributed by atoms with van der Waals surface area (Å²) in [5.74, 6) is 0.719. The number of pyridine rings is 1. The van der Waals surface area contributed by atoms with Crippen molar-refractivity contribution in [2.45, 2.75) is 26.8 Å². The third-order valence-electron chi connectivity index (χ3n) is 4.90. The number of hydrogen-bond acceptors (Lipinski definition) is 5. The van der Waals surface area contributed by atoms with Crippen LogP contribution in [0.3, 0.4) is 0 Å². The van der Waals surface area contributed by atoms with Gasteiger partial charge in [0.05, 0.1) is 35.5 Å². The van der Waals surface area contributed by atoms with Crippen LogP contribution in [0.2, 0.25) is 0 Å². The number of ether oxygens (including phenoxy) is 1. The van der Waals surface area contributed by atoms with E-state index >= 15 is 0 Å². The Hall–Kier alpha value is -3.25. The molecule has 5 nitrogen and oxygen atoms in total. The van der Waals surface area contributed by atoms with Crippen LogP contribution in [-0.2, 0) is 11.3 Å². The van der Waals surface area contributed by atoms with Gasteiger partial charge in [0.15, 0.2) is 5.13 Å². The molecule has 30 heavy (non-hydrogen) atoms. The minimum absolute atomic E-state index is 0.0379. The first-order valence-electron chi connectivity index (χ1n) is 9.86. The van der Waals surface area contributed by atoms with Crippen LogP contribution in [0, 0.1) is 13.8 Å². The van der Waals surface area contributed by atoms with Crippen molar-refractivity contribution in [2.75, 3.05) is 11.5 Å². The molecule has 152 valence electrons. The number of nitrogens with zero attached hydrogens (tertiary/aromatic N) is 3. The maximum absolute atomic E-state index is 13.1. The SMILES string of the molecule is Cc1cc2nc(N(Cc3ccccn3)C(=O)CCOc3ccccc3)sc2cc1C. The number of aromatic nitrogens is 2. The summed E-state index contributed by atoms with van der Waals surface area (Å²) >= 11 is 1.53. The molecule has 0 spiro atoms. The van der Waals surface area contributed by atoms with E-state index in [0.29, 0.717) is 18.3 Å². The van der Waals surface area contributed by atoms with E-state index in [1.807, 2.05) is 48.5 Å². The summed E-state index contributed by atoms with van der Waals surface area (Å²) < 4.78 is 6.80. The second kappa shape index (κ2) is 9.05. The zero-order chi connectivity index (χ0) is 20.9. The number of amides is 1. The molecule has 4 aromatic rings. The maximum Gasteiger partial charge on any atom is 0.232 e. The van der Waals surface area contributed by atoms with E-state index in [9.17, 15) is 4.79 Å². The number of para-hydroxylation sites is 1. The standard InChI is InChI=1S/C24H23N3O2S/c1-17-14-21-22(15-18(17)2)30-24(26-21)27(16-19-8-6-7-12-25-19)23(28)11-13-29-20-9-4-3-5-10-20/h3-10,12,14-15H,11,13,16H2,1-2H3. The summed E-state index contributed by atoms with van der Waals surface area (Å²) in [4.78, 5) is 24.0. The number of benzene rings is 2. The molecule has 0 saturated carbocycles. The van der Waals surface area contributed by atoms with Gasteiger partial charge in [-0.15, -0.1) is 0 Å². The zero-order valence-corrected chi connectivity index (χ0v) is 17.9. The molecule has 0 aliphatic rings. The van der Waals surface area contributed by atoms with Gasteiger partial charge in [0.2, 0.25) is 5.91 Å². The van der Waals surface area contributed by atoms with E-state index < -0.39 is 0 Å². The molecule has 0 radical (unpaired) electrons. The highest BCUT2D eigenvalue weighted by atomic mass is 32.1. The summed E-state index contributed by atoms with van der Waals surface area (Å²) in [6.45, 7) is 4.85. The minimum atomic E-state index is -0.0379. The highest BCUT2D eigenvalue weighted by Gasteiger charge is 2.21. The van der Waals surface area contributed by atoms with Gasteiger partial charge in [-0.05, 0) is 61.4 Å². The predicted octanol–water partition coefficient (Wildman–Crippen LogP) is 5.31. The zero-order valence-electron chi connectivity index (χ0n) is 17.0. The summed E-state index contributed by atoms with van der Waals surface area (Å²) in [6, 6.07) is 19.4. The van der Waals surface area contributed by atoms with Crippen molar-refractivity contribution in [3.63, 3.8) is 0 Å². The first kappa shape index (κ1) is 20.0. The van der Waals surface area contributed by atoms with Crippen molar-refractivity contribution in [2.24, 2.45) is 0 Å². The van der Waals surface area contributed by atoms with Gasteiger partial charge in [-0.1, -0.05) is 35.6 Å². The van der Waals surface area contributed by atoms with Crippen LogP contribution >= 0.6 is 11.3 Å². The number of fused-ring (bicyclic) bond motifs is 1. The molecule has 0 N–H and O–H groups in total. The Morgan fingerprint density at radius 1 is 1.03 bits per heavy atom. The van der Waals surface area contributed by atoms with Crippen molar-refractivity contribution in [1.82, 2.24) is 9.97 Å². The molecule has 2 aromatic heterocycles. The highest BCUT2D eigenvalue weighted by Crippen LogP contribution is 2.32. The Morgan fingerprint density at radius 2 is 1.80 bits per heavy atom. The average molecular weight is 418 g/mol. The lowest BCUT2D eigenvalue weighted by Crippen LogP contribution is -2.31. The van der Waals surface area contributed by atoms with Crippen molar-refractivity contribution in [1.29, 1.82) is 0 Å². The number of thiazole rings is 1.